The summed E-state index contributed by atoms with van der Waals surface area (Å²) in [7, 11) is 0. The van der Waals surface area contributed by atoms with Crippen LogP contribution < -0.4 is 0 Å². The first-order chi connectivity index (χ1) is 6.73. The van der Waals surface area contributed by atoms with E-state index in [0.717, 1.165) is 15.6 Å². The van der Waals surface area contributed by atoms with Crippen LogP contribution in [0.3, 0.4) is 0 Å². The van der Waals surface area contributed by atoms with Gasteiger partial charge in [0.15, 0.2) is 0 Å². The Hall–Kier alpha value is 0.240. The first kappa shape index (κ1) is 13.3. The molecule has 0 aliphatic heterocycles. The van der Waals surface area contributed by atoms with E-state index in [1.165, 1.54) is 0 Å². The van der Waals surface area contributed by atoms with Crippen molar-refractivity contribution in [2.24, 2.45) is 0 Å². The SMILES string of the molecule is Cc1cc(Br)cc(C)c1C(=O)C(Cl)(Cl)Cl. The number of ketones is 1. The maximum absolute atomic E-state index is 11.8. The van der Waals surface area contributed by atoms with Crippen molar-refractivity contribution >= 4 is 56.5 Å². The second-order valence-corrected chi connectivity index (χ2v) is 6.44. The van der Waals surface area contributed by atoms with Gasteiger partial charge in [-0.2, -0.15) is 0 Å². The summed E-state index contributed by atoms with van der Waals surface area (Å²) in [6.07, 6.45) is 0. The van der Waals surface area contributed by atoms with Crippen molar-refractivity contribution in [1.82, 2.24) is 0 Å². The fourth-order valence-corrected chi connectivity index (χ4v) is 2.38. The van der Waals surface area contributed by atoms with Gasteiger partial charge >= 0.3 is 0 Å². The van der Waals surface area contributed by atoms with Crippen LogP contribution in [0.1, 0.15) is 21.5 Å². The Kier molecular flexibility index (Phi) is 4.10. The van der Waals surface area contributed by atoms with E-state index < -0.39 is 9.58 Å². The monoisotopic (exact) mass is 328 g/mol. The summed E-state index contributed by atoms with van der Waals surface area (Å²) in [5, 5.41) is 0. The van der Waals surface area contributed by atoms with Crippen LogP contribution in [0, 0.1) is 13.8 Å². The third kappa shape index (κ3) is 3.10. The van der Waals surface area contributed by atoms with Crippen LogP contribution in [0.15, 0.2) is 16.6 Å². The highest BCUT2D eigenvalue weighted by Gasteiger charge is 2.33. The molecule has 1 rings (SSSR count). The molecule has 0 radical (unpaired) electrons. The first-order valence-electron chi connectivity index (χ1n) is 4.11. The number of benzene rings is 1. The summed E-state index contributed by atoms with van der Waals surface area (Å²) in [6.45, 7) is 3.61. The van der Waals surface area contributed by atoms with Crippen molar-refractivity contribution in [2.45, 2.75) is 17.6 Å². The highest BCUT2D eigenvalue weighted by molar-refractivity contribution is 9.10. The highest BCUT2D eigenvalue weighted by Crippen LogP contribution is 2.33. The summed E-state index contributed by atoms with van der Waals surface area (Å²) in [4.78, 5) is 11.8. The van der Waals surface area contributed by atoms with Gasteiger partial charge in [-0.1, -0.05) is 50.7 Å². The molecule has 0 bridgehead atoms. The lowest BCUT2D eigenvalue weighted by molar-refractivity contribution is 0.0995. The molecule has 0 saturated heterocycles. The number of carbonyl (C=O) groups excluding carboxylic acids is 1. The van der Waals surface area contributed by atoms with E-state index in [2.05, 4.69) is 15.9 Å². The average Bonchev–Trinajstić information content (AvgIpc) is 1.99. The number of halogens is 4. The zero-order chi connectivity index (χ0) is 11.8. The van der Waals surface area contributed by atoms with Crippen LogP contribution in [0.2, 0.25) is 0 Å². The van der Waals surface area contributed by atoms with E-state index in [9.17, 15) is 4.79 Å². The Balaban J connectivity index is 3.33. The van der Waals surface area contributed by atoms with E-state index >= 15 is 0 Å². The minimum atomic E-state index is -1.90. The van der Waals surface area contributed by atoms with Gasteiger partial charge in [-0.3, -0.25) is 4.79 Å². The van der Waals surface area contributed by atoms with Crippen molar-refractivity contribution in [3.05, 3.63) is 33.3 Å². The maximum atomic E-state index is 11.8. The Morgan fingerprint density at radius 1 is 1.20 bits per heavy atom. The molecule has 1 aromatic carbocycles. The maximum Gasteiger partial charge on any atom is 0.253 e. The molecule has 0 unspecified atom stereocenters. The minimum Gasteiger partial charge on any atom is -0.289 e. The molecule has 0 aliphatic carbocycles. The lowest BCUT2D eigenvalue weighted by Gasteiger charge is -2.14. The van der Waals surface area contributed by atoms with Gasteiger partial charge in [0.05, 0.1) is 0 Å². The summed E-state index contributed by atoms with van der Waals surface area (Å²) >= 11 is 20.1. The number of hydrogen-bond acceptors (Lipinski definition) is 1. The number of Topliss-reactive ketones (excluding diaryl/α,β-unsaturated/α-hetero) is 1. The average molecular weight is 330 g/mol. The van der Waals surface area contributed by atoms with Crippen LogP contribution in [0.4, 0.5) is 0 Å². The molecule has 0 atom stereocenters. The summed E-state index contributed by atoms with van der Waals surface area (Å²) in [5.41, 5.74) is 2.05. The predicted molar refractivity (Wildman–Crippen MR) is 68.2 cm³/mol. The lowest BCUT2D eigenvalue weighted by atomic mass is 10.00. The van der Waals surface area contributed by atoms with Crippen LogP contribution in [-0.4, -0.2) is 9.58 Å². The Morgan fingerprint density at radius 2 is 1.60 bits per heavy atom. The summed E-state index contributed by atoms with van der Waals surface area (Å²) in [5.74, 6) is -0.491. The Morgan fingerprint density at radius 3 is 1.93 bits per heavy atom. The quantitative estimate of drug-likeness (QED) is 0.542. The van der Waals surface area contributed by atoms with Gasteiger partial charge in [0.1, 0.15) is 0 Å². The van der Waals surface area contributed by atoms with Crippen LogP contribution in [0.25, 0.3) is 0 Å². The third-order valence-electron chi connectivity index (χ3n) is 1.98. The van der Waals surface area contributed by atoms with Gasteiger partial charge in [0.25, 0.3) is 3.79 Å². The normalized spacial score (nSPS) is 11.6. The largest absolute Gasteiger partial charge is 0.289 e. The smallest absolute Gasteiger partial charge is 0.253 e. The molecule has 15 heavy (non-hydrogen) atoms. The molecule has 0 heterocycles. The van der Waals surface area contributed by atoms with Gasteiger partial charge in [-0.05, 0) is 37.1 Å². The number of hydrogen-bond donors (Lipinski definition) is 0. The summed E-state index contributed by atoms with van der Waals surface area (Å²) < 4.78 is -0.998. The lowest BCUT2D eigenvalue weighted by Crippen LogP contribution is -2.21. The van der Waals surface area contributed by atoms with Crippen molar-refractivity contribution in [1.29, 1.82) is 0 Å². The molecule has 0 amide bonds. The molecule has 82 valence electrons. The Bertz CT molecular complexity index is 387. The molecule has 0 aromatic heterocycles. The van der Waals surface area contributed by atoms with Crippen molar-refractivity contribution < 1.29 is 4.79 Å². The summed E-state index contributed by atoms with van der Waals surface area (Å²) in [6, 6.07) is 3.63. The molecule has 1 aromatic rings. The molecular formula is C10H8BrCl3O. The van der Waals surface area contributed by atoms with E-state index in [1.54, 1.807) is 13.8 Å². The molecule has 0 N–H and O–H groups in total. The number of alkyl halides is 3. The molecule has 0 saturated carbocycles. The fraction of sp³-hybridized carbons (Fsp3) is 0.300. The minimum absolute atomic E-state index is 0.471. The fourth-order valence-electron chi connectivity index (χ4n) is 1.41. The number of carbonyl (C=O) groups is 1. The molecule has 5 heteroatoms. The number of rotatable bonds is 1. The van der Waals surface area contributed by atoms with Crippen LogP contribution >= 0.6 is 50.7 Å². The zero-order valence-corrected chi connectivity index (χ0v) is 11.9. The standard InChI is InChI=1S/C10H8BrCl3O/c1-5-3-7(11)4-6(2)8(5)9(15)10(12,13)14/h3-4H,1-2H3. The van der Waals surface area contributed by atoms with Gasteiger partial charge in [-0.25, -0.2) is 0 Å². The zero-order valence-electron chi connectivity index (χ0n) is 8.07. The van der Waals surface area contributed by atoms with Crippen LogP contribution in [-0.2, 0) is 0 Å². The molecular weight excluding hydrogens is 322 g/mol. The molecule has 1 nitrogen and oxygen atoms in total. The van der Waals surface area contributed by atoms with E-state index in [1.807, 2.05) is 12.1 Å². The third-order valence-corrected chi connectivity index (χ3v) is 2.95. The molecule has 0 fully saturated rings. The predicted octanol–water partition coefficient (Wildman–Crippen LogP) is 4.62. The van der Waals surface area contributed by atoms with Crippen molar-refractivity contribution in [3.63, 3.8) is 0 Å². The van der Waals surface area contributed by atoms with Gasteiger partial charge < -0.3 is 0 Å². The highest BCUT2D eigenvalue weighted by atomic mass is 79.9. The van der Waals surface area contributed by atoms with Crippen molar-refractivity contribution in [2.75, 3.05) is 0 Å². The van der Waals surface area contributed by atoms with E-state index in [-0.39, 0.29) is 0 Å². The topological polar surface area (TPSA) is 17.1 Å². The van der Waals surface area contributed by atoms with Gasteiger partial charge in [0.2, 0.25) is 5.78 Å². The van der Waals surface area contributed by atoms with E-state index in [0.29, 0.717) is 5.56 Å². The second kappa shape index (κ2) is 4.62. The number of aryl methyl sites for hydroxylation is 2. The Labute approximate surface area is 112 Å². The van der Waals surface area contributed by atoms with E-state index in [4.69, 9.17) is 34.8 Å². The molecule has 0 aliphatic rings. The first-order valence-corrected chi connectivity index (χ1v) is 6.04. The second-order valence-electron chi connectivity index (χ2n) is 3.24. The van der Waals surface area contributed by atoms with Gasteiger partial charge in [-0.15, -0.1) is 0 Å². The van der Waals surface area contributed by atoms with Crippen LogP contribution in [0.5, 0.6) is 0 Å². The van der Waals surface area contributed by atoms with Gasteiger partial charge in [0, 0.05) is 10.0 Å². The van der Waals surface area contributed by atoms with Crippen molar-refractivity contribution in [3.8, 4) is 0 Å². The molecule has 0 spiro atoms.